The predicted molar refractivity (Wildman–Crippen MR) is 81.0 cm³/mol. The highest BCUT2D eigenvalue weighted by atomic mass is 19.1. The van der Waals surface area contributed by atoms with Crippen molar-refractivity contribution in [2.75, 3.05) is 0 Å². The Morgan fingerprint density at radius 3 is 2.29 bits per heavy atom. The molecule has 0 heterocycles. The van der Waals surface area contributed by atoms with Crippen molar-refractivity contribution < 1.29 is 14.3 Å². The first-order valence-corrected chi connectivity index (χ1v) is 6.59. The van der Waals surface area contributed by atoms with Gasteiger partial charge in [0.05, 0.1) is 5.56 Å². The Morgan fingerprint density at radius 1 is 0.952 bits per heavy atom. The summed E-state index contributed by atoms with van der Waals surface area (Å²) in [4.78, 5) is 11.0. The predicted octanol–water partition coefficient (Wildman–Crippen LogP) is 4.65. The van der Waals surface area contributed by atoms with Crippen LogP contribution in [0.1, 0.15) is 15.9 Å². The van der Waals surface area contributed by atoms with E-state index in [4.69, 9.17) is 5.11 Å². The lowest BCUT2D eigenvalue weighted by atomic mass is 9.94. The van der Waals surface area contributed by atoms with Gasteiger partial charge >= 0.3 is 5.97 Å². The fourth-order valence-electron chi connectivity index (χ4n) is 2.60. The molecule has 0 fully saturated rings. The van der Waals surface area contributed by atoms with Gasteiger partial charge in [-0.25, -0.2) is 9.18 Å². The topological polar surface area (TPSA) is 37.3 Å². The van der Waals surface area contributed by atoms with E-state index in [0.29, 0.717) is 5.39 Å². The summed E-state index contributed by atoms with van der Waals surface area (Å²) in [7, 11) is 0. The molecule has 2 nitrogen and oxygen atoms in total. The maximum atomic E-state index is 13.9. The van der Waals surface area contributed by atoms with Crippen molar-refractivity contribution in [2.45, 2.75) is 6.92 Å². The van der Waals surface area contributed by atoms with Gasteiger partial charge in [0.15, 0.2) is 0 Å². The minimum Gasteiger partial charge on any atom is -0.478 e. The van der Waals surface area contributed by atoms with E-state index in [9.17, 15) is 9.18 Å². The minimum absolute atomic E-state index is 0.252. The van der Waals surface area contributed by atoms with Crippen molar-refractivity contribution in [1.29, 1.82) is 0 Å². The number of carbonyl (C=O) groups is 1. The minimum atomic E-state index is -0.950. The quantitative estimate of drug-likeness (QED) is 0.741. The third kappa shape index (κ3) is 2.27. The van der Waals surface area contributed by atoms with Gasteiger partial charge in [0.25, 0.3) is 0 Å². The largest absolute Gasteiger partial charge is 0.478 e. The molecule has 3 aromatic rings. The smallest absolute Gasteiger partial charge is 0.335 e. The van der Waals surface area contributed by atoms with Crippen molar-refractivity contribution in [3.8, 4) is 11.1 Å². The molecule has 3 aromatic carbocycles. The summed E-state index contributed by atoms with van der Waals surface area (Å²) in [6.07, 6.45) is 0. The number of carboxylic acids is 1. The molecule has 1 N–H and O–H groups in total. The van der Waals surface area contributed by atoms with E-state index in [-0.39, 0.29) is 11.4 Å². The Hall–Kier alpha value is -2.68. The molecule has 21 heavy (non-hydrogen) atoms. The lowest BCUT2D eigenvalue weighted by molar-refractivity contribution is 0.0697. The van der Waals surface area contributed by atoms with Gasteiger partial charge in [-0.3, -0.25) is 0 Å². The summed E-state index contributed by atoms with van der Waals surface area (Å²) in [5.74, 6) is -1.21. The Morgan fingerprint density at radius 2 is 1.62 bits per heavy atom. The van der Waals surface area contributed by atoms with Crippen LogP contribution in [0.5, 0.6) is 0 Å². The van der Waals surface area contributed by atoms with E-state index < -0.39 is 5.97 Å². The normalized spacial score (nSPS) is 10.8. The second-order valence-electron chi connectivity index (χ2n) is 4.98. The van der Waals surface area contributed by atoms with Crippen molar-refractivity contribution in [3.63, 3.8) is 0 Å². The zero-order chi connectivity index (χ0) is 15.0. The lowest BCUT2D eigenvalue weighted by Crippen LogP contribution is -1.97. The third-order valence-electron chi connectivity index (χ3n) is 3.63. The van der Waals surface area contributed by atoms with Crippen LogP contribution in [0.15, 0.2) is 54.6 Å². The highest BCUT2D eigenvalue weighted by Crippen LogP contribution is 2.32. The van der Waals surface area contributed by atoms with Crippen LogP contribution in [-0.2, 0) is 0 Å². The molecule has 0 amide bonds. The maximum Gasteiger partial charge on any atom is 0.335 e. The van der Waals surface area contributed by atoms with E-state index in [1.54, 1.807) is 36.4 Å². The molecule has 0 spiro atoms. The SMILES string of the molecule is Cc1cc(C(=O)O)ccc1-c1ccc(F)c2ccccc12. The zero-order valence-corrected chi connectivity index (χ0v) is 11.4. The number of benzene rings is 3. The number of aryl methyl sites for hydroxylation is 1. The standard InChI is InChI=1S/C18H13FO2/c1-11-10-12(18(20)21)6-7-13(11)15-8-9-17(19)16-5-3-2-4-14(15)16/h2-10H,1H3,(H,20,21). The van der Waals surface area contributed by atoms with Gasteiger partial charge in [-0.15, -0.1) is 0 Å². The Bertz CT molecular complexity index is 853. The summed E-state index contributed by atoms with van der Waals surface area (Å²) in [6, 6.07) is 15.5. The number of rotatable bonds is 2. The Labute approximate surface area is 121 Å². The van der Waals surface area contributed by atoms with E-state index in [1.165, 1.54) is 6.07 Å². The summed E-state index contributed by atoms with van der Waals surface area (Å²) >= 11 is 0. The molecule has 0 aliphatic rings. The molecule has 0 bridgehead atoms. The van der Waals surface area contributed by atoms with Crippen LogP contribution >= 0.6 is 0 Å². The average molecular weight is 280 g/mol. The van der Waals surface area contributed by atoms with Gasteiger partial charge in [0.1, 0.15) is 5.82 Å². The molecule has 0 atom stereocenters. The van der Waals surface area contributed by atoms with Gasteiger partial charge in [-0.1, -0.05) is 36.4 Å². The highest BCUT2D eigenvalue weighted by Gasteiger charge is 2.11. The number of fused-ring (bicyclic) bond motifs is 1. The van der Waals surface area contributed by atoms with Crippen LogP contribution in [0, 0.1) is 12.7 Å². The fourth-order valence-corrected chi connectivity index (χ4v) is 2.60. The summed E-state index contributed by atoms with van der Waals surface area (Å²) < 4.78 is 13.9. The average Bonchev–Trinajstić information content (AvgIpc) is 2.48. The molecule has 0 aliphatic carbocycles. The number of hydrogen-bond donors (Lipinski definition) is 1. The molecule has 0 aliphatic heterocycles. The van der Waals surface area contributed by atoms with Crippen LogP contribution in [0.25, 0.3) is 21.9 Å². The first kappa shape index (κ1) is 13.3. The van der Waals surface area contributed by atoms with Crippen LogP contribution in [0.3, 0.4) is 0 Å². The molecule has 0 aromatic heterocycles. The molecule has 0 saturated heterocycles. The summed E-state index contributed by atoms with van der Waals surface area (Å²) in [5.41, 5.74) is 2.92. The van der Waals surface area contributed by atoms with Crippen LogP contribution in [0.2, 0.25) is 0 Å². The Balaban J connectivity index is 2.26. The van der Waals surface area contributed by atoms with E-state index in [0.717, 1.165) is 22.1 Å². The van der Waals surface area contributed by atoms with E-state index >= 15 is 0 Å². The molecule has 0 unspecified atom stereocenters. The van der Waals surface area contributed by atoms with E-state index in [2.05, 4.69) is 0 Å². The number of halogens is 1. The van der Waals surface area contributed by atoms with Gasteiger partial charge in [0, 0.05) is 5.39 Å². The summed E-state index contributed by atoms with van der Waals surface area (Å²) in [6.45, 7) is 1.86. The second-order valence-corrected chi connectivity index (χ2v) is 4.98. The molecule has 3 heteroatoms. The van der Waals surface area contributed by atoms with Gasteiger partial charge in [0.2, 0.25) is 0 Å². The molecule has 3 rings (SSSR count). The zero-order valence-electron chi connectivity index (χ0n) is 11.4. The van der Waals surface area contributed by atoms with Gasteiger partial charge in [-0.2, -0.15) is 0 Å². The van der Waals surface area contributed by atoms with E-state index in [1.807, 2.05) is 19.1 Å². The highest BCUT2D eigenvalue weighted by molar-refractivity contribution is 5.98. The van der Waals surface area contributed by atoms with Crippen LogP contribution < -0.4 is 0 Å². The van der Waals surface area contributed by atoms with Gasteiger partial charge < -0.3 is 5.11 Å². The fraction of sp³-hybridized carbons (Fsp3) is 0.0556. The van der Waals surface area contributed by atoms with Crippen molar-refractivity contribution in [1.82, 2.24) is 0 Å². The van der Waals surface area contributed by atoms with Crippen molar-refractivity contribution in [2.24, 2.45) is 0 Å². The maximum absolute atomic E-state index is 13.9. The third-order valence-corrected chi connectivity index (χ3v) is 3.63. The van der Waals surface area contributed by atoms with Crippen LogP contribution in [-0.4, -0.2) is 11.1 Å². The molecule has 104 valence electrons. The first-order valence-electron chi connectivity index (χ1n) is 6.59. The van der Waals surface area contributed by atoms with Crippen molar-refractivity contribution in [3.05, 3.63) is 71.5 Å². The monoisotopic (exact) mass is 280 g/mol. The lowest BCUT2D eigenvalue weighted by Gasteiger charge is -2.11. The summed E-state index contributed by atoms with van der Waals surface area (Å²) in [5, 5.41) is 10.4. The molecular weight excluding hydrogens is 267 g/mol. The number of carboxylic acid groups (broad SMARTS) is 1. The molecular formula is C18H13FO2. The number of aromatic carboxylic acids is 1. The molecule has 0 radical (unpaired) electrons. The van der Waals surface area contributed by atoms with Gasteiger partial charge in [-0.05, 0) is 47.2 Å². The van der Waals surface area contributed by atoms with Crippen molar-refractivity contribution >= 4 is 16.7 Å². The Kier molecular flexibility index (Phi) is 3.18. The first-order chi connectivity index (χ1) is 10.1. The second kappa shape index (κ2) is 5.02. The number of hydrogen-bond acceptors (Lipinski definition) is 1. The molecule has 0 saturated carbocycles. The van der Waals surface area contributed by atoms with Crippen LogP contribution in [0.4, 0.5) is 4.39 Å².